The van der Waals surface area contributed by atoms with Crippen LogP contribution in [0.25, 0.3) is 11.3 Å². The highest BCUT2D eigenvalue weighted by atomic mass is 28.3. The molecule has 0 atom stereocenters. The zero-order chi connectivity index (χ0) is 24.7. The highest BCUT2D eigenvalue weighted by Gasteiger charge is 2.16. The molecule has 0 aliphatic heterocycles. The van der Waals surface area contributed by atoms with Crippen LogP contribution in [0.5, 0.6) is 0 Å². The number of carbonyl (C=O) groups is 1. The molecule has 0 unspecified atom stereocenters. The lowest BCUT2D eigenvalue weighted by Crippen LogP contribution is -2.22. The van der Waals surface area contributed by atoms with E-state index in [4.69, 9.17) is 10.00 Å². The first-order valence-electron chi connectivity index (χ1n) is 10.9. The Morgan fingerprint density at radius 2 is 1.85 bits per heavy atom. The van der Waals surface area contributed by atoms with Crippen LogP contribution in [0.4, 0.5) is 14.6 Å². The van der Waals surface area contributed by atoms with Crippen molar-refractivity contribution in [3.8, 4) is 17.3 Å². The van der Waals surface area contributed by atoms with Crippen LogP contribution in [0.3, 0.4) is 0 Å². The maximum Gasteiger partial charge on any atom is 0.225 e. The molecule has 0 spiro atoms. The van der Waals surface area contributed by atoms with Crippen LogP contribution in [-0.2, 0) is 22.7 Å². The number of rotatable bonds is 10. The molecule has 0 fully saturated rings. The average molecular weight is 484 g/mol. The lowest BCUT2D eigenvalue weighted by Gasteiger charge is -2.16. The molecule has 1 amide bonds. The number of ether oxygens (including phenoxy) is 1. The Balaban J connectivity index is 1.69. The minimum absolute atomic E-state index is 0.00294. The molecule has 178 valence electrons. The Labute approximate surface area is 198 Å². The molecule has 34 heavy (non-hydrogen) atoms. The predicted octanol–water partition coefficient (Wildman–Crippen LogP) is 4.98. The van der Waals surface area contributed by atoms with Crippen LogP contribution in [0.15, 0.2) is 42.7 Å². The van der Waals surface area contributed by atoms with Crippen molar-refractivity contribution >= 4 is 19.8 Å². The van der Waals surface area contributed by atoms with Gasteiger partial charge in [-0.2, -0.15) is 10.4 Å². The van der Waals surface area contributed by atoms with Crippen molar-refractivity contribution in [2.24, 2.45) is 0 Å². The number of amides is 1. The number of carbonyl (C=O) groups excluding carboxylic acids is 1. The number of aromatic nitrogens is 3. The predicted molar refractivity (Wildman–Crippen MR) is 128 cm³/mol. The molecule has 10 heteroatoms. The van der Waals surface area contributed by atoms with Crippen LogP contribution in [0.2, 0.25) is 25.7 Å². The van der Waals surface area contributed by atoms with Crippen molar-refractivity contribution in [3.05, 3.63) is 65.5 Å². The Hall–Kier alpha value is -3.42. The molecule has 0 bridgehead atoms. The van der Waals surface area contributed by atoms with Crippen LogP contribution in [0.1, 0.15) is 17.5 Å². The first-order valence-corrected chi connectivity index (χ1v) is 14.6. The fourth-order valence-electron chi connectivity index (χ4n) is 3.15. The Kier molecular flexibility index (Phi) is 8.25. The summed E-state index contributed by atoms with van der Waals surface area (Å²) >= 11 is 0. The van der Waals surface area contributed by atoms with E-state index in [1.54, 1.807) is 23.1 Å². The van der Waals surface area contributed by atoms with Crippen molar-refractivity contribution in [3.63, 3.8) is 0 Å². The van der Waals surface area contributed by atoms with Gasteiger partial charge < -0.3 is 10.1 Å². The number of anilines is 1. The van der Waals surface area contributed by atoms with Crippen LogP contribution >= 0.6 is 0 Å². The zero-order valence-corrected chi connectivity index (χ0v) is 20.4. The summed E-state index contributed by atoms with van der Waals surface area (Å²) in [6.07, 6.45) is 3.43. The highest BCUT2D eigenvalue weighted by molar-refractivity contribution is 6.76. The highest BCUT2D eigenvalue weighted by Crippen LogP contribution is 2.22. The van der Waals surface area contributed by atoms with Gasteiger partial charge in [-0.05, 0) is 42.3 Å². The van der Waals surface area contributed by atoms with Gasteiger partial charge in [0.15, 0.2) is 0 Å². The fourth-order valence-corrected chi connectivity index (χ4v) is 3.91. The normalized spacial score (nSPS) is 11.3. The lowest BCUT2D eigenvalue weighted by atomic mass is 10.1. The molecular formula is C24H27F2N5O2Si. The SMILES string of the molecule is C[Si](C)(C)CCOCn1nc(-c2ccncc2)cc1NC(=O)CCc1cc(F)c(C#N)c(F)c1. The number of halogens is 2. The Morgan fingerprint density at radius 3 is 2.47 bits per heavy atom. The molecular weight excluding hydrogens is 456 g/mol. The minimum Gasteiger partial charge on any atom is -0.359 e. The third kappa shape index (κ3) is 7.04. The second-order valence-electron chi connectivity index (χ2n) is 9.09. The van der Waals surface area contributed by atoms with E-state index in [0.29, 0.717) is 23.7 Å². The van der Waals surface area contributed by atoms with Crippen LogP contribution in [0, 0.1) is 23.0 Å². The van der Waals surface area contributed by atoms with E-state index < -0.39 is 25.3 Å². The third-order valence-corrected chi connectivity index (χ3v) is 6.79. The molecule has 2 aromatic heterocycles. The smallest absolute Gasteiger partial charge is 0.225 e. The van der Waals surface area contributed by atoms with E-state index in [9.17, 15) is 13.6 Å². The van der Waals surface area contributed by atoms with Crippen molar-refractivity contribution in [1.29, 1.82) is 5.26 Å². The van der Waals surface area contributed by atoms with Gasteiger partial charge in [0.05, 0.1) is 5.69 Å². The van der Waals surface area contributed by atoms with Crippen molar-refractivity contribution in [2.75, 3.05) is 11.9 Å². The summed E-state index contributed by atoms with van der Waals surface area (Å²) < 4.78 is 35.0. The van der Waals surface area contributed by atoms with E-state index in [1.165, 1.54) is 6.07 Å². The van der Waals surface area contributed by atoms with Gasteiger partial charge in [0.25, 0.3) is 0 Å². The van der Waals surface area contributed by atoms with Crippen molar-refractivity contribution in [1.82, 2.24) is 14.8 Å². The fraction of sp³-hybridized carbons (Fsp3) is 0.333. The van der Waals surface area contributed by atoms with Crippen LogP contribution < -0.4 is 5.32 Å². The summed E-state index contributed by atoms with van der Waals surface area (Å²) in [5, 5.41) is 16.2. The largest absolute Gasteiger partial charge is 0.359 e. The van der Waals surface area contributed by atoms with E-state index >= 15 is 0 Å². The molecule has 0 aliphatic rings. The van der Waals surface area contributed by atoms with E-state index in [2.05, 4.69) is 35.0 Å². The van der Waals surface area contributed by atoms with E-state index in [-0.39, 0.29) is 25.5 Å². The van der Waals surface area contributed by atoms with Gasteiger partial charge >= 0.3 is 0 Å². The number of hydrogen-bond acceptors (Lipinski definition) is 5. The minimum atomic E-state index is -1.24. The summed E-state index contributed by atoms with van der Waals surface area (Å²) in [6, 6.07) is 10.0. The quantitative estimate of drug-likeness (QED) is 0.324. The van der Waals surface area contributed by atoms with Gasteiger partial charge in [-0.15, -0.1) is 0 Å². The number of pyridine rings is 1. The third-order valence-electron chi connectivity index (χ3n) is 5.09. The summed E-state index contributed by atoms with van der Waals surface area (Å²) in [4.78, 5) is 16.6. The molecule has 1 N–H and O–H groups in total. The van der Waals surface area contributed by atoms with Gasteiger partial charge in [0, 0.05) is 45.1 Å². The van der Waals surface area contributed by atoms with Crippen molar-refractivity contribution in [2.45, 2.75) is 45.3 Å². The van der Waals surface area contributed by atoms with Gasteiger partial charge in [-0.3, -0.25) is 9.78 Å². The van der Waals surface area contributed by atoms with E-state index in [1.807, 2.05) is 12.1 Å². The number of hydrogen-bond donors (Lipinski definition) is 1. The molecule has 7 nitrogen and oxygen atoms in total. The molecule has 0 aliphatic carbocycles. The van der Waals surface area contributed by atoms with Gasteiger partial charge in [-0.25, -0.2) is 13.5 Å². The van der Waals surface area contributed by atoms with E-state index in [0.717, 1.165) is 23.7 Å². The number of benzene rings is 1. The molecule has 0 saturated heterocycles. The molecule has 1 aromatic carbocycles. The Bertz CT molecular complexity index is 1160. The first kappa shape index (κ1) is 25.2. The second-order valence-corrected chi connectivity index (χ2v) is 14.7. The number of nitriles is 1. The maximum absolute atomic E-state index is 13.8. The number of nitrogens with one attached hydrogen (secondary N) is 1. The summed E-state index contributed by atoms with van der Waals surface area (Å²) in [5.41, 5.74) is 1.16. The maximum atomic E-state index is 13.8. The summed E-state index contributed by atoms with van der Waals surface area (Å²) in [5.74, 6) is -1.75. The Morgan fingerprint density at radius 1 is 1.18 bits per heavy atom. The molecule has 0 saturated carbocycles. The summed E-state index contributed by atoms with van der Waals surface area (Å²) in [7, 11) is -1.24. The number of nitrogens with zero attached hydrogens (tertiary/aromatic N) is 4. The second kappa shape index (κ2) is 11.1. The first-order chi connectivity index (χ1) is 16.2. The monoisotopic (exact) mass is 483 g/mol. The van der Waals surface area contributed by atoms with Crippen LogP contribution in [-0.4, -0.2) is 35.4 Å². The summed E-state index contributed by atoms with van der Waals surface area (Å²) in [6.45, 7) is 7.58. The molecule has 3 rings (SSSR count). The van der Waals surface area contributed by atoms with Gasteiger partial charge in [0.2, 0.25) is 5.91 Å². The van der Waals surface area contributed by atoms with Crippen molar-refractivity contribution < 1.29 is 18.3 Å². The van der Waals surface area contributed by atoms with Gasteiger partial charge in [-0.1, -0.05) is 19.6 Å². The molecule has 2 heterocycles. The zero-order valence-electron chi connectivity index (χ0n) is 19.4. The average Bonchev–Trinajstić information content (AvgIpc) is 3.17. The standard InChI is InChI=1S/C24H27F2N5O2Si/c1-34(2,3)11-10-33-16-31-23(14-22(30-31)18-6-8-28-9-7-18)29-24(32)5-4-17-12-20(25)19(15-27)21(26)13-17/h6-9,12-14H,4-5,10-11,16H2,1-3H3,(H,29,32). The molecule has 3 aromatic rings. The topological polar surface area (TPSA) is 92.8 Å². The molecule has 0 radical (unpaired) electrons. The lowest BCUT2D eigenvalue weighted by molar-refractivity contribution is -0.116. The van der Waals surface area contributed by atoms with Gasteiger partial charge in [0.1, 0.15) is 35.8 Å². The number of aryl methyl sites for hydroxylation is 1.